The van der Waals surface area contributed by atoms with E-state index in [1.807, 2.05) is 6.07 Å². The van der Waals surface area contributed by atoms with Crippen molar-refractivity contribution in [2.24, 2.45) is 0 Å². The Kier molecular flexibility index (Phi) is 4.25. The Bertz CT molecular complexity index is 756. The molecule has 1 unspecified atom stereocenters. The molecule has 0 spiro atoms. The van der Waals surface area contributed by atoms with E-state index in [0.29, 0.717) is 0 Å². The predicted octanol–water partition coefficient (Wildman–Crippen LogP) is 4.22. The van der Waals surface area contributed by atoms with Gasteiger partial charge in [-0.2, -0.15) is 0 Å². The second-order valence-corrected chi connectivity index (χ2v) is 5.79. The molecule has 3 rings (SSSR count). The van der Waals surface area contributed by atoms with Crippen molar-refractivity contribution < 1.29 is 0 Å². The standard InChI is InChI=1S/C19H23N3/c1-4-22-18-8-6-5-7-17(18)21-19(22)15(3)20-13-16-11-9-14(2)10-12-16/h5-12,15,20H,4,13H2,1-3H3. The Labute approximate surface area is 132 Å². The van der Waals surface area contributed by atoms with Crippen LogP contribution in [-0.4, -0.2) is 9.55 Å². The third-order valence-corrected chi connectivity index (χ3v) is 4.12. The molecular formula is C19H23N3. The summed E-state index contributed by atoms with van der Waals surface area (Å²) in [6, 6.07) is 17.2. The fourth-order valence-electron chi connectivity index (χ4n) is 2.83. The number of aryl methyl sites for hydroxylation is 2. The van der Waals surface area contributed by atoms with Gasteiger partial charge >= 0.3 is 0 Å². The Balaban J connectivity index is 1.79. The molecule has 0 saturated heterocycles. The van der Waals surface area contributed by atoms with Crippen LogP contribution in [0, 0.1) is 6.92 Å². The van der Waals surface area contributed by atoms with Gasteiger partial charge in [-0.3, -0.25) is 0 Å². The third-order valence-electron chi connectivity index (χ3n) is 4.12. The number of para-hydroxylation sites is 2. The number of nitrogens with zero attached hydrogens (tertiary/aromatic N) is 2. The average Bonchev–Trinajstić information content (AvgIpc) is 2.92. The number of aromatic nitrogens is 2. The highest BCUT2D eigenvalue weighted by Gasteiger charge is 2.15. The molecule has 0 aliphatic heterocycles. The van der Waals surface area contributed by atoms with Crippen molar-refractivity contribution in [1.82, 2.24) is 14.9 Å². The number of nitrogens with one attached hydrogen (secondary N) is 1. The highest BCUT2D eigenvalue weighted by molar-refractivity contribution is 5.76. The third kappa shape index (κ3) is 2.90. The average molecular weight is 293 g/mol. The zero-order valence-corrected chi connectivity index (χ0v) is 13.5. The Morgan fingerprint density at radius 3 is 2.55 bits per heavy atom. The summed E-state index contributed by atoms with van der Waals surface area (Å²) < 4.78 is 2.29. The highest BCUT2D eigenvalue weighted by atomic mass is 15.1. The maximum Gasteiger partial charge on any atom is 0.126 e. The van der Waals surface area contributed by atoms with Crippen molar-refractivity contribution >= 4 is 11.0 Å². The predicted molar refractivity (Wildman–Crippen MR) is 91.8 cm³/mol. The van der Waals surface area contributed by atoms with E-state index in [1.54, 1.807) is 0 Å². The van der Waals surface area contributed by atoms with Gasteiger partial charge in [0.15, 0.2) is 0 Å². The molecule has 3 nitrogen and oxygen atoms in total. The van der Waals surface area contributed by atoms with Crippen LogP contribution < -0.4 is 5.32 Å². The van der Waals surface area contributed by atoms with E-state index in [2.05, 4.69) is 73.1 Å². The molecule has 1 N–H and O–H groups in total. The molecule has 0 bridgehead atoms. The summed E-state index contributed by atoms with van der Waals surface area (Å²) >= 11 is 0. The first kappa shape index (κ1) is 14.8. The summed E-state index contributed by atoms with van der Waals surface area (Å²) in [5.74, 6) is 1.11. The SMILES string of the molecule is CCn1c(C(C)NCc2ccc(C)cc2)nc2ccccc21. The Morgan fingerprint density at radius 1 is 1.09 bits per heavy atom. The van der Waals surface area contributed by atoms with Crippen LogP contribution in [0.5, 0.6) is 0 Å². The lowest BCUT2D eigenvalue weighted by Crippen LogP contribution is -2.21. The smallest absolute Gasteiger partial charge is 0.126 e. The molecule has 1 aromatic heterocycles. The van der Waals surface area contributed by atoms with Gasteiger partial charge in [-0.05, 0) is 38.5 Å². The van der Waals surface area contributed by atoms with Crippen molar-refractivity contribution in [1.29, 1.82) is 0 Å². The van der Waals surface area contributed by atoms with Crippen molar-refractivity contribution in [2.45, 2.75) is 39.9 Å². The molecular weight excluding hydrogens is 270 g/mol. The lowest BCUT2D eigenvalue weighted by molar-refractivity contribution is 0.521. The maximum absolute atomic E-state index is 4.81. The van der Waals surface area contributed by atoms with Gasteiger partial charge in [-0.1, -0.05) is 42.0 Å². The Hall–Kier alpha value is -2.13. The van der Waals surface area contributed by atoms with Crippen LogP contribution in [0.3, 0.4) is 0 Å². The van der Waals surface area contributed by atoms with E-state index in [9.17, 15) is 0 Å². The van der Waals surface area contributed by atoms with Crippen LogP contribution in [0.2, 0.25) is 0 Å². The summed E-state index contributed by atoms with van der Waals surface area (Å²) in [6.07, 6.45) is 0. The molecule has 3 aromatic rings. The highest BCUT2D eigenvalue weighted by Crippen LogP contribution is 2.21. The van der Waals surface area contributed by atoms with E-state index in [-0.39, 0.29) is 6.04 Å². The van der Waals surface area contributed by atoms with Crippen molar-refractivity contribution in [3.05, 3.63) is 65.5 Å². The number of rotatable bonds is 5. The zero-order chi connectivity index (χ0) is 15.5. The van der Waals surface area contributed by atoms with Crippen LogP contribution >= 0.6 is 0 Å². The molecule has 22 heavy (non-hydrogen) atoms. The molecule has 1 atom stereocenters. The van der Waals surface area contributed by atoms with Gasteiger partial charge in [-0.15, -0.1) is 0 Å². The zero-order valence-electron chi connectivity index (χ0n) is 13.5. The van der Waals surface area contributed by atoms with Crippen molar-refractivity contribution in [3.63, 3.8) is 0 Å². The van der Waals surface area contributed by atoms with E-state index in [1.165, 1.54) is 16.6 Å². The second kappa shape index (κ2) is 6.32. The summed E-state index contributed by atoms with van der Waals surface area (Å²) in [4.78, 5) is 4.81. The number of hydrogen-bond donors (Lipinski definition) is 1. The quantitative estimate of drug-likeness (QED) is 0.763. The van der Waals surface area contributed by atoms with E-state index < -0.39 is 0 Å². The molecule has 114 valence electrons. The molecule has 3 heteroatoms. The summed E-state index contributed by atoms with van der Waals surface area (Å²) in [7, 11) is 0. The van der Waals surface area contributed by atoms with Crippen molar-refractivity contribution in [3.8, 4) is 0 Å². The van der Waals surface area contributed by atoms with Gasteiger partial charge in [0.2, 0.25) is 0 Å². The number of benzene rings is 2. The van der Waals surface area contributed by atoms with Crippen LogP contribution in [-0.2, 0) is 13.1 Å². The molecule has 0 radical (unpaired) electrons. The molecule has 0 amide bonds. The minimum Gasteiger partial charge on any atom is -0.327 e. The van der Waals surface area contributed by atoms with Gasteiger partial charge in [0.1, 0.15) is 5.82 Å². The second-order valence-electron chi connectivity index (χ2n) is 5.79. The van der Waals surface area contributed by atoms with E-state index in [4.69, 9.17) is 4.98 Å². The monoisotopic (exact) mass is 293 g/mol. The summed E-state index contributed by atoms with van der Waals surface area (Å²) in [5, 5.41) is 3.59. The summed E-state index contributed by atoms with van der Waals surface area (Å²) in [6.45, 7) is 8.26. The molecule has 2 aromatic carbocycles. The molecule has 0 aliphatic rings. The fraction of sp³-hybridized carbons (Fsp3) is 0.316. The van der Waals surface area contributed by atoms with Gasteiger partial charge in [-0.25, -0.2) is 4.98 Å². The summed E-state index contributed by atoms with van der Waals surface area (Å²) in [5.41, 5.74) is 4.88. The van der Waals surface area contributed by atoms with Crippen LogP contribution in [0.25, 0.3) is 11.0 Å². The first-order valence-corrected chi connectivity index (χ1v) is 7.93. The largest absolute Gasteiger partial charge is 0.327 e. The molecule has 0 fully saturated rings. The minimum atomic E-state index is 0.216. The first-order chi connectivity index (χ1) is 10.7. The molecule has 1 heterocycles. The van der Waals surface area contributed by atoms with E-state index in [0.717, 1.165) is 24.4 Å². The number of hydrogen-bond acceptors (Lipinski definition) is 2. The van der Waals surface area contributed by atoms with Crippen LogP contribution in [0.1, 0.15) is 36.8 Å². The van der Waals surface area contributed by atoms with Gasteiger partial charge in [0.25, 0.3) is 0 Å². The molecule has 0 saturated carbocycles. The Morgan fingerprint density at radius 2 is 1.82 bits per heavy atom. The van der Waals surface area contributed by atoms with Crippen LogP contribution in [0.4, 0.5) is 0 Å². The van der Waals surface area contributed by atoms with E-state index >= 15 is 0 Å². The normalized spacial score (nSPS) is 12.7. The lowest BCUT2D eigenvalue weighted by atomic mass is 10.1. The van der Waals surface area contributed by atoms with Gasteiger partial charge in [0.05, 0.1) is 17.1 Å². The van der Waals surface area contributed by atoms with Crippen LogP contribution in [0.15, 0.2) is 48.5 Å². The molecule has 0 aliphatic carbocycles. The minimum absolute atomic E-state index is 0.216. The first-order valence-electron chi connectivity index (χ1n) is 7.93. The lowest BCUT2D eigenvalue weighted by Gasteiger charge is -2.15. The van der Waals surface area contributed by atoms with Gasteiger partial charge < -0.3 is 9.88 Å². The number of imidazole rings is 1. The number of fused-ring (bicyclic) bond motifs is 1. The fourth-order valence-corrected chi connectivity index (χ4v) is 2.83. The van der Waals surface area contributed by atoms with Crippen molar-refractivity contribution in [2.75, 3.05) is 0 Å². The maximum atomic E-state index is 4.81. The van der Waals surface area contributed by atoms with Gasteiger partial charge in [0, 0.05) is 13.1 Å². The topological polar surface area (TPSA) is 29.9 Å².